The van der Waals surface area contributed by atoms with E-state index in [2.05, 4.69) is 4.99 Å². The Labute approximate surface area is 262 Å². The minimum Gasteiger partial charge on any atom is -0.496 e. The van der Waals surface area contributed by atoms with E-state index in [9.17, 15) is 14.4 Å². The second-order valence-electron chi connectivity index (χ2n) is 10.4. The van der Waals surface area contributed by atoms with Gasteiger partial charge in [0.1, 0.15) is 23.3 Å². The van der Waals surface area contributed by atoms with E-state index in [1.165, 1.54) is 23.0 Å². The Kier molecular flexibility index (Phi) is 8.94. The molecule has 9 nitrogen and oxygen atoms in total. The summed E-state index contributed by atoms with van der Waals surface area (Å²) in [7, 11) is 1.51. The van der Waals surface area contributed by atoms with Crippen molar-refractivity contribution in [2.75, 3.05) is 13.7 Å². The number of aryl methyl sites for hydroxylation is 1. The van der Waals surface area contributed by atoms with Crippen molar-refractivity contribution in [2.45, 2.75) is 46.8 Å². The molecular weight excluding hydrogens is 604 g/mol. The molecule has 4 aromatic rings. The van der Waals surface area contributed by atoms with Gasteiger partial charge in [-0.25, -0.2) is 14.6 Å². The molecule has 11 heteroatoms. The third-order valence-electron chi connectivity index (χ3n) is 6.97. The zero-order chi connectivity index (χ0) is 31.7. The highest BCUT2D eigenvalue weighted by molar-refractivity contribution is 7.07. The minimum absolute atomic E-state index is 0.157. The van der Waals surface area contributed by atoms with Gasteiger partial charge in [-0.15, -0.1) is 0 Å². The van der Waals surface area contributed by atoms with Gasteiger partial charge in [0.25, 0.3) is 5.56 Å². The molecule has 2 aromatic carbocycles. The standard InChI is InChI=1S/C33H31ClN2O7S/c1-7-41-32(39)28-19(5)35-33-36(29(28)24-15-21(34)9-12-25(24)40-6)30(37)27(44-33)16-22-10-13-26(43-22)23-11-8-20(14-18(23)4)31(38)42-17(2)3/h8-17,29H,7H2,1-6H3/b27-16-/t29-/m0/s1. The molecule has 0 aliphatic carbocycles. The summed E-state index contributed by atoms with van der Waals surface area (Å²) in [6.45, 7) is 9.07. The summed E-state index contributed by atoms with van der Waals surface area (Å²) in [5.74, 6) is 0.517. The number of furan rings is 1. The van der Waals surface area contributed by atoms with Crippen molar-refractivity contribution in [3.63, 3.8) is 0 Å². The molecule has 2 aromatic heterocycles. The zero-order valence-electron chi connectivity index (χ0n) is 25.1. The molecule has 44 heavy (non-hydrogen) atoms. The number of methoxy groups -OCH3 is 1. The molecule has 0 unspecified atom stereocenters. The maximum Gasteiger partial charge on any atom is 0.338 e. The molecule has 0 saturated carbocycles. The quantitative estimate of drug-likeness (QED) is 0.232. The summed E-state index contributed by atoms with van der Waals surface area (Å²) in [4.78, 5) is 44.5. The zero-order valence-corrected chi connectivity index (χ0v) is 26.7. The Morgan fingerprint density at radius 2 is 1.89 bits per heavy atom. The van der Waals surface area contributed by atoms with Crippen LogP contribution in [0.2, 0.25) is 5.02 Å². The molecule has 0 amide bonds. The number of hydrogen-bond donors (Lipinski definition) is 0. The van der Waals surface area contributed by atoms with E-state index in [1.54, 1.807) is 82.3 Å². The normalized spacial score (nSPS) is 14.8. The van der Waals surface area contributed by atoms with Crippen LogP contribution in [0.4, 0.5) is 0 Å². The fraction of sp³-hybridized carbons (Fsp3) is 0.273. The van der Waals surface area contributed by atoms with Gasteiger partial charge in [-0.1, -0.05) is 29.0 Å². The van der Waals surface area contributed by atoms with Gasteiger partial charge in [0, 0.05) is 22.2 Å². The number of benzene rings is 2. The number of hydrogen-bond acceptors (Lipinski definition) is 9. The van der Waals surface area contributed by atoms with Crippen molar-refractivity contribution in [3.8, 4) is 17.1 Å². The number of thiazole rings is 1. The summed E-state index contributed by atoms with van der Waals surface area (Å²) in [5.41, 5.74) is 2.91. The third kappa shape index (κ3) is 6.00. The largest absolute Gasteiger partial charge is 0.496 e. The second kappa shape index (κ2) is 12.7. The first kappa shape index (κ1) is 31.0. The predicted molar refractivity (Wildman–Crippen MR) is 168 cm³/mol. The number of carbonyl (C=O) groups excluding carboxylic acids is 2. The maximum absolute atomic E-state index is 14.0. The molecular formula is C33H31ClN2O7S. The van der Waals surface area contributed by atoms with E-state index in [1.807, 2.05) is 6.92 Å². The Balaban J connectivity index is 1.58. The van der Waals surface area contributed by atoms with Crippen LogP contribution in [0.3, 0.4) is 0 Å². The van der Waals surface area contributed by atoms with Crippen molar-refractivity contribution >= 4 is 41.0 Å². The van der Waals surface area contributed by atoms with E-state index in [0.717, 1.165) is 11.1 Å². The van der Waals surface area contributed by atoms with Crippen LogP contribution in [0.25, 0.3) is 17.4 Å². The van der Waals surface area contributed by atoms with Gasteiger partial charge in [-0.2, -0.15) is 0 Å². The first-order valence-corrected chi connectivity index (χ1v) is 15.2. The highest BCUT2D eigenvalue weighted by Crippen LogP contribution is 2.37. The molecule has 3 heterocycles. The number of allylic oxidation sites excluding steroid dienone is 1. The fourth-order valence-corrected chi connectivity index (χ4v) is 6.27. The van der Waals surface area contributed by atoms with Gasteiger partial charge < -0.3 is 18.6 Å². The lowest BCUT2D eigenvalue weighted by Crippen LogP contribution is -2.40. The number of aromatic nitrogens is 1. The molecule has 0 bridgehead atoms. The maximum atomic E-state index is 14.0. The van der Waals surface area contributed by atoms with Crippen molar-refractivity contribution < 1.29 is 28.2 Å². The van der Waals surface area contributed by atoms with Crippen LogP contribution >= 0.6 is 22.9 Å². The number of esters is 2. The molecule has 0 N–H and O–H groups in total. The van der Waals surface area contributed by atoms with Crippen LogP contribution in [-0.4, -0.2) is 36.3 Å². The van der Waals surface area contributed by atoms with Crippen molar-refractivity contribution in [1.29, 1.82) is 0 Å². The number of nitrogens with zero attached hydrogens (tertiary/aromatic N) is 2. The molecule has 1 aliphatic heterocycles. The van der Waals surface area contributed by atoms with Crippen LogP contribution in [0.1, 0.15) is 61.0 Å². The number of carbonyl (C=O) groups is 2. The number of halogens is 1. The van der Waals surface area contributed by atoms with E-state index in [0.29, 0.717) is 48.5 Å². The number of ether oxygens (including phenoxy) is 3. The molecule has 228 valence electrons. The van der Waals surface area contributed by atoms with Gasteiger partial charge in [-0.3, -0.25) is 9.36 Å². The molecule has 0 radical (unpaired) electrons. The first-order valence-electron chi connectivity index (χ1n) is 14.0. The van der Waals surface area contributed by atoms with Crippen LogP contribution in [0.5, 0.6) is 5.75 Å². The average molecular weight is 635 g/mol. The first-order chi connectivity index (χ1) is 21.0. The van der Waals surface area contributed by atoms with E-state index in [4.69, 9.17) is 30.2 Å². The smallest absolute Gasteiger partial charge is 0.338 e. The summed E-state index contributed by atoms with van der Waals surface area (Å²) >= 11 is 7.55. The summed E-state index contributed by atoms with van der Waals surface area (Å²) < 4.78 is 24.2. The lowest BCUT2D eigenvalue weighted by atomic mass is 9.95. The highest BCUT2D eigenvalue weighted by atomic mass is 35.5. The van der Waals surface area contributed by atoms with Crippen molar-refractivity contribution in [2.24, 2.45) is 4.99 Å². The van der Waals surface area contributed by atoms with Gasteiger partial charge in [0.05, 0.1) is 41.2 Å². The summed E-state index contributed by atoms with van der Waals surface area (Å²) in [5, 5.41) is 0.420. The molecule has 0 spiro atoms. The Hall–Kier alpha value is -4.41. The number of fused-ring (bicyclic) bond motifs is 1. The molecule has 5 rings (SSSR count). The third-order valence-corrected chi connectivity index (χ3v) is 8.19. The number of rotatable bonds is 8. The van der Waals surface area contributed by atoms with Gasteiger partial charge in [-0.05, 0) is 82.6 Å². The van der Waals surface area contributed by atoms with Gasteiger partial charge in [0.2, 0.25) is 0 Å². The second-order valence-corrected chi connectivity index (χ2v) is 11.8. The van der Waals surface area contributed by atoms with Gasteiger partial charge in [0.15, 0.2) is 4.80 Å². The Morgan fingerprint density at radius 1 is 1.11 bits per heavy atom. The summed E-state index contributed by atoms with van der Waals surface area (Å²) in [6, 6.07) is 13.0. The topological polar surface area (TPSA) is 109 Å². The lowest BCUT2D eigenvalue weighted by Gasteiger charge is -2.26. The predicted octanol–water partition coefficient (Wildman–Crippen LogP) is 5.59. The Morgan fingerprint density at radius 3 is 2.57 bits per heavy atom. The van der Waals surface area contributed by atoms with Crippen molar-refractivity contribution in [3.05, 3.63) is 107 Å². The molecule has 0 saturated heterocycles. The fourth-order valence-electron chi connectivity index (χ4n) is 5.06. The van der Waals surface area contributed by atoms with E-state index >= 15 is 0 Å². The monoisotopic (exact) mass is 634 g/mol. The average Bonchev–Trinajstić information content (AvgIpc) is 3.55. The van der Waals surface area contributed by atoms with Gasteiger partial charge >= 0.3 is 11.9 Å². The van der Waals surface area contributed by atoms with E-state index < -0.39 is 12.0 Å². The van der Waals surface area contributed by atoms with Crippen LogP contribution in [0, 0.1) is 6.92 Å². The molecule has 1 aliphatic rings. The lowest BCUT2D eigenvalue weighted by molar-refractivity contribution is -0.139. The minimum atomic E-state index is -0.878. The van der Waals surface area contributed by atoms with Crippen molar-refractivity contribution in [1.82, 2.24) is 4.57 Å². The highest BCUT2D eigenvalue weighted by Gasteiger charge is 2.35. The van der Waals surface area contributed by atoms with Crippen LogP contribution in [0.15, 0.2) is 74.0 Å². The van der Waals surface area contributed by atoms with Crippen LogP contribution < -0.4 is 19.6 Å². The Bertz CT molecular complexity index is 1980. The molecule has 1 atom stereocenters. The van der Waals surface area contributed by atoms with E-state index in [-0.39, 0.29) is 29.8 Å². The molecule has 0 fully saturated rings. The SMILES string of the molecule is CCOC(=O)C1=C(C)N=c2s/c(=C\c3ccc(-c4ccc(C(=O)OC(C)C)cc4C)o3)c(=O)n2[C@H]1c1cc(Cl)ccc1OC. The van der Waals surface area contributed by atoms with Crippen LogP contribution in [-0.2, 0) is 14.3 Å². The summed E-state index contributed by atoms with van der Waals surface area (Å²) in [6.07, 6.45) is 1.43.